The van der Waals surface area contributed by atoms with Gasteiger partial charge in [0.15, 0.2) is 6.61 Å². The number of hydrogen-bond donors (Lipinski definition) is 1. The van der Waals surface area contributed by atoms with Crippen molar-refractivity contribution >= 4 is 17.6 Å². The van der Waals surface area contributed by atoms with Crippen molar-refractivity contribution in [2.75, 3.05) is 19.0 Å². The minimum atomic E-state index is -0.413. The number of rotatable bonds is 5. The molecule has 0 aromatic heterocycles. The van der Waals surface area contributed by atoms with Crippen molar-refractivity contribution in [3.05, 3.63) is 59.2 Å². The fourth-order valence-corrected chi connectivity index (χ4v) is 1.97. The predicted octanol–water partition coefficient (Wildman–Crippen LogP) is 3.11. The second-order valence-electron chi connectivity index (χ2n) is 5.15. The van der Waals surface area contributed by atoms with Gasteiger partial charge in [-0.1, -0.05) is 6.07 Å². The molecule has 5 heteroatoms. The maximum Gasteiger partial charge on any atom is 0.337 e. The van der Waals surface area contributed by atoms with Crippen molar-refractivity contribution in [1.29, 1.82) is 0 Å². The molecule has 23 heavy (non-hydrogen) atoms. The van der Waals surface area contributed by atoms with Crippen LogP contribution in [0.3, 0.4) is 0 Å². The first kappa shape index (κ1) is 16.5. The highest BCUT2D eigenvalue weighted by atomic mass is 16.5. The Morgan fingerprint density at radius 1 is 1.00 bits per heavy atom. The summed E-state index contributed by atoms with van der Waals surface area (Å²) < 4.78 is 10.0. The lowest BCUT2D eigenvalue weighted by Crippen LogP contribution is -2.20. The highest BCUT2D eigenvalue weighted by Gasteiger charge is 2.07. The summed E-state index contributed by atoms with van der Waals surface area (Å²) in [6.07, 6.45) is 0. The van der Waals surface area contributed by atoms with Gasteiger partial charge in [-0.15, -0.1) is 0 Å². The van der Waals surface area contributed by atoms with Crippen LogP contribution in [0.25, 0.3) is 0 Å². The van der Waals surface area contributed by atoms with Crippen LogP contribution in [0.4, 0.5) is 5.69 Å². The molecule has 0 atom stereocenters. The molecule has 0 bridgehead atoms. The Balaban J connectivity index is 1.88. The fourth-order valence-electron chi connectivity index (χ4n) is 1.97. The van der Waals surface area contributed by atoms with Gasteiger partial charge in [-0.25, -0.2) is 4.79 Å². The standard InChI is InChI=1S/C18H19NO4/c1-12-4-7-15(10-13(12)2)19-17(20)11-23-16-8-5-14(6-9-16)18(21)22-3/h4-10H,11H2,1-3H3,(H,19,20). The summed E-state index contributed by atoms with van der Waals surface area (Å²) in [6.45, 7) is 3.90. The van der Waals surface area contributed by atoms with Crippen LogP contribution in [-0.4, -0.2) is 25.6 Å². The average Bonchev–Trinajstić information content (AvgIpc) is 2.56. The zero-order chi connectivity index (χ0) is 16.8. The Bertz CT molecular complexity index is 707. The number of methoxy groups -OCH3 is 1. The van der Waals surface area contributed by atoms with E-state index in [9.17, 15) is 9.59 Å². The molecule has 0 aliphatic carbocycles. The lowest BCUT2D eigenvalue weighted by Gasteiger charge is -2.09. The van der Waals surface area contributed by atoms with E-state index in [0.717, 1.165) is 11.3 Å². The van der Waals surface area contributed by atoms with Gasteiger partial charge in [-0.2, -0.15) is 0 Å². The first-order valence-corrected chi connectivity index (χ1v) is 7.18. The van der Waals surface area contributed by atoms with Crippen LogP contribution >= 0.6 is 0 Å². The molecular weight excluding hydrogens is 294 g/mol. The molecule has 0 saturated heterocycles. The van der Waals surface area contributed by atoms with E-state index in [1.54, 1.807) is 24.3 Å². The molecular formula is C18H19NO4. The molecule has 0 heterocycles. The minimum absolute atomic E-state index is 0.107. The summed E-state index contributed by atoms with van der Waals surface area (Å²) in [6, 6.07) is 12.1. The van der Waals surface area contributed by atoms with E-state index in [1.807, 2.05) is 32.0 Å². The first-order valence-electron chi connectivity index (χ1n) is 7.18. The number of benzene rings is 2. The van der Waals surface area contributed by atoms with E-state index in [2.05, 4.69) is 10.1 Å². The van der Waals surface area contributed by atoms with Gasteiger partial charge in [0.1, 0.15) is 5.75 Å². The molecule has 1 amide bonds. The van der Waals surface area contributed by atoms with Crippen LogP contribution in [0.2, 0.25) is 0 Å². The molecule has 1 N–H and O–H groups in total. The van der Waals surface area contributed by atoms with E-state index in [-0.39, 0.29) is 12.5 Å². The molecule has 0 saturated carbocycles. The maximum atomic E-state index is 11.9. The molecule has 120 valence electrons. The largest absolute Gasteiger partial charge is 0.484 e. The summed E-state index contributed by atoms with van der Waals surface area (Å²) >= 11 is 0. The topological polar surface area (TPSA) is 64.6 Å². The third-order valence-electron chi connectivity index (χ3n) is 3.44. The van der Waals surface area contributed by atoms with Crippen LogP contribution in [-0.2, 0) is 9.53 Å². The summed E-state index contributed by atoms with van der Waals surface area (Å²) in [5.41, 5.74) is 3.45. The van der Waals surface area contributed by atoms with Crippen LogP contribution in [0.5, 0.6) is 5.75 Å². The Morgan fingerprint density at radius 3 is 2.30 bits per heavy atom. The molecule has 0 unspecified atom stereocenters. The molecule has 2 aromatic carbocycles. The van der Waals surface area contributed by atoms with Crippen LogP contribution in [0.15, 0.2) is 42.5 Å². The van der Waals surface area contributed by atoms with Gasteiger partial charge < -0.3 is 14.8 Å². The monoisotopic (exact) mass is 313 g/mol. The van der Waals surface area contributed by atoms with E-state index in [0.29, 0.717) is 11.3 Å². The SMILES string of the molecule is COC(=O)c1ccc(OCC(=O)Nc2ccc(C)c(C)c2)cc1. The van der Waals surface area contributed by atoms with Crippen molar-refractivity contribution in [2.24, 2.45) is 0 Å². The number of amides is 1. The summed E-state index contributed by atoms with van der Waals surface area (Å²) in [5.74, 6) is -0.151. The normalized spacial score (nSPS) is 10.0. The van der Waals surface area contributed by atoms with Crippen LogP contribution in [0.1, 0.15) is 21.5 Å². The van der Waals surface area contributed by atoms with Gasteiger partial charge in [0, 0.05) is 5.69 Å². The Hall–Kier alpha value is -2.82. The van der Waals surface area contributed by atoms with Crippen LogP contribution < -0.4 is 10.1 Å². The zero-order valence-corrected chi connectivity index (χ0v) is 13.4. The predicted molar refractivity (Wildman–Crippen MR) is 87.8 cm³/mol. The zero-order valence-electron chi connectivity index (χ0n) is 13.4. The van der Waals surface area contributed by atoms with E-state index >= 15 is 0 Å². The number of anilines is 1. The first-order chi connectivity index (χ1) is 11.0. The number of carbonyl (C=O) groups is 2. The highest BCUT2D eigenvalue weighted by molar-refractivity contribution is 5.92. The Labute approximate surface area is 135 Å². The van der Waals surface area contributed by atoms with Crippen molar-refractivity contribution in [2.45, 2.75) is 13.8 Å². The molecule has 0 aliphatic rings. The smallest absolute Gasteiger partial charge is 0.337 e. The van der Waals surface area contributed by atoms with Gasteiger partial charge in [0.2, 0.25) is 0 Å². The summed E-state index contributed by atoms with van der Waals surface area (Å²) in [7, 11) is 1.32. The molecule has 0 fully saturated rings. The van der Waals surface area contributed by atoms with Crippen LogP contribution in [0, 0.1) is 13.8 Å². The molecule has 2 rings (SSSR count). The second kappa shape index (κ2) is 7.45. The molecule has 5 nitrogen and oxygen atoms in total. The van der Waals surface area contributed by atoms with Gasteiger partial charge >= 0.3 is 5.97 Å². The van der Waals surface area contributed by atoms with Gasteiger partial charge in [-0.3, -0.25) is 4.79 Å². The van der Waals surface area contributed by atoms with Crippen molar-refractivity contribution < 1.29 is 19.1 Å². The molecule has 2 aromatic rings. The highest BCUT2D eigenvalue weighted by Crippen LogP contribution is 2.15. The lowest BCUT2D eigenvalue weighted by atomic mass is 10.1. The summed E-state index contributed by atoms with van der Waals surface area (Å²) in [4.78, 5) is 23.2. The minimum Gasteiger partial charge on any atom is -0.484 e. The quantitative estimate of drug-likeness (QED) is 0.861. The average molecular weight is 313 g/mol. The number of carbonyl (C=O) groups excluding carboxylic acids is 2. The third-order valence-corrected chi connectivity index (χ3v) is 3.44. The van der Waals surface area contributed by atoms with Gasteiger partial charge in [0.05, 0.1) is 12.7 Å². The molecule has 0 radical (unpaired) electrons. The second-order valence-corrected chi connectivity index (χ2v) is 5.15. The Kier molecular flexibility index (Phi) is 5.36. The van der Waals surface area contributed by atoms with Crippen molar-refractivity contribution in [3.63, 3.8) is 0 Å². The number of hydrogen-bond acceptors (Lipinski definition) is 4. The summed E-state index contributed by atoms with van der Waals surface area (Å²) in [5, 5.41) is 2.78. The molecule has 0 aliphatic heterocycles. The van der Waals surface area contributed by atoms with E-state index < -0.39 is 5.97 Å². The molecule has 0 spiro atoms. The maximum absolute atomic E-state index is 11.9. The van der Waals surface area contributed by atoms with E-state index in [4.69, 9.17) is 4.74 Å². The van der Waals surface area contributed by atoms with E-state index in [1.165, 1.54) is 12.7 Å². The Morgan fingerprint density at radius 2 is 1.70 bits per heavy atom. The van der Waals surface area contributed by atoms with Gasteiger partial charge in [-0.05, 0) is 61.4 Å². The van der Waals surface area contributed by atoms with Crippen molar-refractivity contribution in [3.8, 4) is 5.75 Å². The lowest BCUT2D eigenvalue weighted by molar-refractivity contribution is -0.118. The number of aryl methyl sites for hydroxylation is 2. The number of nitrogens with one attached hydrogen (secondary N) is 1. The van der Waals surface area contributed by atoms with Gasteiger partial charge in [0.25, 0.3) is 5.91 Å². The number of esters is 1. The fraction of sp³-hybridized carbons (Fsp3) is 0.222. The third kappa shape index (κ3) is 4.57. The number of ether oxygens (including phenoxy) is 2. The van der Waals surface area contributed by atoms with Crippen molar-refractivity contribution in [1.82, 2.24) is 0 Å².